The first kappa shape index (κ1) is 33.1. The van der Waals surface area contributed by atoms with E-state index >= 15 is 4.39 Å². The predicted octanol–water partition coefficient (Wildman–Crippen LogP) is 7.56. The molecule has 4 heterocycles. The van der Waals surface area contributed by atoms with Gasteiger partial charge < -0.3 is 19.3 Å². The quantitative estimate of drug-likeness (QED) is 0.205. The first-order valence-corrected chi connectivity index (χ1v) is 16.3. The highest BCUT2D eigenvalue weighted by Gasteiger charge is 2.37. The number of benzene rings is 2. The molecule has 248 valence electrons. The third-order valence-corrected chi connectivity index (χ3v) is 9.43. The van der Waals surface area contributed by atoms with Crippen LogP contribution in [0.4, 0.5) is 13.6 Å². The van der Waals surface area contributed by atoms with Crippen LogP contribution in [0.2, 0.25) is 10.0 Å². The van der Waals surface area contributed by atoms with Gasteiger partial charge in [-0.05, 0) is 83.8 Å². The lowest BCUT2D eigenvalue weighted by Crippen LogP contribution is -2.48. The Kier molecular flexibility index (Phi) is 9.17. The van der Waals surface area contributed by atoms with E-state index in [9.17, 15) is 14.4 Å². The van der Waals surface area contributed by atoms with Gasteiger partial charge in [0.05, 0.1) is 34.6 Å². The fourth-order valence-corrected chi connectivity index (χ4v) is 6.97. The van der Waals surface area contributed by atoms with E-state index in [-0.39, 0.29) is 45.5 Å². The zero-order valence-electron chi connectivity index (χ0n) is 26.6. The predicted molar refractivity (Wildman–Crippen MR) is 175 cm³/mol. The lowest BCUT2D eigenvalue weighted by atomic mass is 9.95. The van der Waals surface area contributed by atoms with Gasteiger partial charge in [-0.25, -0.2) is 23.2 Å². The van der Waals surface area contributed by atoms with Crippen molar-refractivity contribution in [2.24, 2.45) is 0 Å². The van der Waals surface area contributed by atoms with Gasteiger partial charge in [-0.3, -0.25) is 0 Å². The summed E-state index contributed by atoms with van der Waals surface area (Å²) in [7, 11) is 2.03. The normalized spacial score (nSPS) is 20.6. The number of piperidine rings is 1. The lowest BCUT2D eigenvalue weighted by Gasteiger charge is -2.39. The van der Waals surface area contributed by atoms with Crippen molar-refractivity contribution in [3.8, 4) is 23.1 Å². The average Bonchev–Trinajstić information content (AvgIpc) is 3.64. The van der Waals surface area contributed by atoms with Gasteiger partial charge in [0.25, 0.3) is 0 Å². The van der Waals surface area contributed by atoms with Crippen molar-refractivity contribution in [1.29, 1.82) is 5.26 Å². The second kappa shape index (κ2) is 13.0. The number of likely N-dealkylation sites (tertiary alicyclic amines) is 2. The fraction of sp³-hybridized carbons (Fsp3) is 0.485. The molecule has 0 spiro atoms. The molecule has 0 saturated carbocycles. The second-order valence-electron chi connectivity index (χ2n) is 13.2. The van der Waals surface area contributed by atoms with E-state index in [1.165, 1.54) is 12.1 Å². The number of likely N-dealkylation sites (N-methyl/N-ethyl adjacent to an activating group) is 1. The maximum atomic E-state index is 16.6. The number of fused-ring (bicyclic) bond motifs is 3. The van der Waals surface area contributed by atoms with Crippen LogP contribution in [0.15, 0.2) is 24.3 Å². The zero-order valence-corrected chi connectivity index (χ0v) is 28.1. The molecule has 4 aromatic rings. The molecule has 0 radical (unpaired) electrons. The van der Waals surface area contributed by atoms with Gasteiger partial charge in [-0.2, -0.15) is 5.26 Å². The molecular weight excluding hydrogens is 651 g/mol. The highest BCUT2D eigenvalue weighted by molar-refractivity contribution is 6.35. The van der Waals surface area contributed by atoms with E-state index in [1.54, 1.807) is 36.4 Å². The number of halogens is 4. The summed E-state index contributed by atoms with van der Waals surface area (Å²) < 4.78 is 44.1. The topological polar surface area (TPSA) is 109 Å². The van der Waals surface area contributed by atoms with Gasteiger partial charge >= 0.3 is 6.09 Å². The lowest BCUT2D eigenvalue weighted by molar-refractivity contribution is 0.00557. The summed E-state index contributed by atoms with van der Waals surface area (Å²) in [6.07, 6.45) is 2.48. The van der Waals surface area contributed by atoms with Crippen molar-refractivity contribution in [3.63, 3.8) is 0 Å². The molecule has 2 saturated heterocycles. The van der Waals surface area contributed by atoms with Crippen molar-refractivity contribution in [3.05, 3.63) is 45.9 Å². The summed E-state index contributed by atoms with van der Waals surface area (Å²) in [5, 5.41) is 18.8. The van der Waals surface area contributed by atoms with E-state index in [0.717, 1.165) is 25.5 Å². The van der Waals surface area contributed by atoms with Gasteiger partial charge in [-0.15, -0.1) is 5.10 Å². The van der Waals surface area contributed by atoms with Gasteiger partial charge in [0.2, 0.25) is 5.88 Å². The van der Waals surface area contributed by atoms with E-state index in [1.807, 2.05) is 7.05 Å². The molecule has 2 aliphatic heterocycles. The summed E-state index contributed by atoms with van der Waals surface area (Å²) >= 11 is 12.8. The van der Waals surface area contributed by atoms with Crippen LogP contribution in [0.3, 0.4) is 0 Å². The first-order chi connectivity index (χ1) is 22.4. The van der Waals surface area contributed by atoms with Crippen LogP contribution in [-0.2, 0) is 4.74 Å². The maximum Gasteiger partial charge on any atom is 0.410 e. The number of rotatable bonds is 6. The number of nitriles is 1. The molecule has 2 aromatic carbocycles. The minimum absolute atomic E-state index is 0.0181. The molecule has 1 amide bonds. The second-order valence-corrected chi connectivity index (χ2v) is 14.0. The monoisotopic (exact) mass is 685 g/mol. The third-order valence-electron chi connectivity index (χ3n) is 8.84. The third kappa shape index (κ3) is 6.53. The van der Waals surface area contributed by atoms with E-state index < -0.39 is 29.4 Å². The summed E-state index contributed by atoms with van der Waals surface area (Å²) in [5.74, 6) is -1.24. The first-order valence-electron chi connectivity index (χ1n) is 15.6. The molecule has 2 aromatic heterocycles. The van der Waals surface area contributed by atoms with Crippen LogP contribution in [0, 0.1) is 23.0 Å². The van der Waals surface area contributed by atoms with Crippen molar-refractivity contribution in [2.45, 2.75) is 76.6 Å². The molecule has 3 atom stereocenters. The number of carbonyl (C=O) groups is 1. The smallest absolute Gasteiger partial charge is 0.410 e. The highest BCUT2D eigenvalue weighted by atomic mass is 35.5. The number of ether oxygens (including phenoxy) is 2. The number of aromatic nitrogens is 4. The largest absolute Gasteiger partial charge is 0.474 e. The molecule has 2 fully saturated rings. The Morgan fingerprint density at radius 2 is 1.89 bits per heavy atom. The van der Waals surface area contributed by atoms with Crippen LogP contribution >= 0.6 is 23.2 Å². The summed E-state index contributed by atoms with van der Waals surface area (Å²) in [6, 6.07) is 7.09. The minimum Gasteiger partial charge on any atom is -0.474 e. The van der Waals surface area contributed by atoms with Crippen LogP contribution < -0.4 is 4.74 Å². The molecule has 0 N–H and O–H groups in total. The summed E-state index contributed by atoms with van der Waals surface area (Å²) in [5.41, 5.74) is 0.421. The molecule has 14 heteroatoms. The maximum absolute atomic E-state index is 16.6. The number of amides is 1. The molecule has 10 nitrogen and oxygen atoms in total. The van der Waals surface area contributed by atoms with Crippen molar-refractivity contribution in [1.82, 2.24) is 29.8 Å². The van der Waals surface area contributed by atoms with Crippen LogP contribution in [0.25, 0.3) is 33.1 Å². The molecule has 6 rings (SSSR count). The molecular formula is C33H35Cl2F2N7O3. The minimum atomic E-state index is -0.727. The van der Waals surface area contributed by atoms with Gasteiger partial charge in [0.1, 0.15) is 29.1 Å². The zero-order chi connectivity index (χ0) is 33.6. The Balaban J connectivity index is 1.46. The van der Waals surface area contributed by atoms with Crippen LogP contribution in [-0.4, -0.2) is 80.3 Å². The number of carbonyl (C=O) groups excluding carboxylic acids is 1. The Morgan fingerprint density at radius 3 is 2.57 bits per heavy atom. The Bertz CT molecular complexity index is 1890. The number of hydrogen-bond acceptors (Lipinski definition) is 8. The number of nitrogens with zero attached hydrogens (tertiary/aromatic N) is 7. The molecule has 0 bridgehead atoms. The van der Waals surface area contributed by atoms with Crippen LogP contribution in [0.5, 0.6) is 5.88 Å². The standard InChI is InChI=1S/C33H35Cl2F2N7O3/c1-33(2,3)47-32(45)43-13-10-20(15-19(43)9-11-38)44-30-22-16-24(35)26(18-7-8-25(36)23(34)14-18)27(37)28(22)39-31(29(30)40-41-44)46-17-21-6-5-12-42(21)4/h7-8,14,16,19-21H,5-6,9-10,12-13,15,17H2,1-4H3/t19-,20+,21+/m1/s1. The van der Waals surface area contributed by atoms with E-state index in [2.05, 4.69) is 26.3 Å². The van der Waals surface area contributed by atoms with Gasteiger partial charge in [0, 0.05) is 23.5 Å². The molecule has 47 heavy (non-hydrogen) atoms. The summed E-state index contributed by atoms with van der Waals surface area (Å²) in [4.78, 5) is 21.5. The van der Waals surface area contributed by atoms with E-state index in [4.69, 9.17) is 32.7 Å². The number of pyridine rings is 1. The molecule has 0 unspecified atom stereocenters. The molecule has 0 aliphatic carbocycles. The molecule has 2 aliphatic rings. The van der Waals surface area contributed by atoms with Crippen molar-refractivity contribution in [2.75, 3.05) is 26.7 Å². The fourth-order valence-electron chi connectivity index (χ4n) is 6.49. The van der Waals surface area contributed by atoms with Gasteiger partial charge in [0.15, 0.2) is 11.3 Å². The van der Waals surface area contributed by atoms with E-state index in [0.29, 0.717) is 48.0 Å². The number of hydrogen-bond donors (Lipinski definition) is 0. The Morgan fingerprint density at radius 1 is 1.11 bits per heavy atom. The van der Waals surface area contributed by atoms with Gasteiger partial charge in [-0.1, -0.05) is 34.5 Å². The van der Waals surface area contributed by atoms with Crippen LogP contribution in [0.1, 0.15) is 58.9 Å². The van der Waals surface area contributed by atoms with Crippen molar-refractivity contribution < 1.29 is 23.0 Å². The van der Waals surface area contributed by atoms with Crippen molar-refractivity contribution >= 4 is 51.2 Å². The average molecular weight is 687 g/mol. The Labute approximate surface area is 281 Å². The highest BCUT2D eigenvalue weighted by Crippen LogP contribution is 2.42. The summed E-state index contributed by atoms with van der Waals surface area (Å²) in [6.45, 7) is 6.98. The Hall–Kier alpha value is -3.79. The SMILES string of the molecule is CN1CCC[C@H]1COc1nc2c(F)c(-c3ccc(F)c(Cl)c3)c(Cl)cc2c2c1nnn2[C@H]1CCN(C(=O)OC(C)(C)C)[C@H](CC#N)C1.